The largest absolute Gasteiger partial charge is 0.534 e. The summed E-state index contributed by atoms with van der Waals surface area (Å²) >= 11 is 0. The summed E-state index contributed by atoms with van der Waals surface area (Å²) in [5, 5.41) is 0.368. The predicted octanol–water partition coefficient (Wildman–Crippen LogP) is 3.08. The Bertz CT molecular complexity index is 1180. The predicted molar refractivity (Wildman–Crippen MR) is 108 cm³/mol. The highest BCUT2D eigenvalue weighted by atomic mass is 32.2. The molecular formula is C19H21F3N2O7S. The number of nitrogens with zero attached hydrogens (tertiary/aromatic N) is 2. The monoisotopic (exact) mass is 478 g/mol. The molecule has 0 radical (unpaired) electrons. The molecule has 1 saturated heterocycles. The van der Waals surface area contributed by atoms with Crippen LogP contribution in [0.4, 0.5) is 23.7 Å². The molecule has 0 atom stereocenters. The zero-order valence-electron chi connectivity index (χ0n) is 17.4. The van der Waals surface area contributed by atoms with Crippen molar-refractivity contribution in [2.24, 2.45) is 0 Å². The van der Waals surface area contributed by atoms with E-state index in [0.717, 1.165) is 12.1 Å². The number of fused-ring (bicyclic) bond motifs is 1. The van der Waals surface area contributed by atoms with E-state index in [1.807, 2.05) is 4.90 Å². The van der Waals surface area contributed by atoms with E-state index in [9.17, 15) is 31.2 Å². The van der Waals surface area contributed by atoms with Crippen molar-refractivity contribution >= 4 is 32.9 Å². The van der Waals surface area contributed by atoms with E-state index < -0.39 is 38.7 Å². The molecule has 0 unspecified atom stereocenters. The highest BCUT2D eigenvalue weighted by Crippen LogP contribution is 2.32. The molecule has 13 heteroatoms. The van der Waals surface area contributed by atoms with Crippen molar-refractivity contribution in [3.63, 3.8) is 0 Å². The van der Waals surface area contributed by atoms with Gasteiger partial charge in [0, 0.05) is 43.7 Å². The van der Waals surface area contributed by atoms with Gasteiger partial charge in [-0.25, -0.2) is 9.59 Å². The van der Waals surface area contributed by atoms with Gasteiger partial charge in [-0.05, 0) is 32.9 Å². The summed E-state index contributed by atoms with van der Waals surface area (Å²) in [6.45, 7) is 6.64. The second-order valence-corrected chi connectivity index (χ2v) is 9.58. The van der Waals surface area contributed by atoms with E-state index in [0.29, 0.717) is 37.3 Å². The van der Waals surface area contributed by atoms with E-state index >= 15 is 0 Å². The first-order valence-electron chi connectivity index (χ1n) is 9.48. The van der Waals surface area contributed by atoms with Gasteiger partial charge in [-0.1, -0.05) is 0 Å². The van der Waals surface area contributed by atoms with Crippen molar-refractivity contribution in [3.05, 3.63) is 34.7 Å². The minimum absolute atomic E-state index is 0.142. The maximum absolute atomic E-state index is 12.6. The molecule has 0 spiro atoms. The third-order valence-corrected chi connectivity index (χ3v) is 5.43. The maximum Gasteiger partial charge on any atom is 0.534 e. The van der Waals surface area contributed by atoms with Gasteiger partial charge in [0.25, 0.3) is 0 Å². The number of carbonyl (C=O) groups is 1. The zero-order chi connectivity index (χ0) is 23.9. The second kappa shape index (κ2) is 8.19. The molecule has 2 aromatic rings. The lowest BCUT2D eigenvalue weighted by molar-refractivity contribution is -0.0500. The summed E-state index contributed by atoms with van der Waals surface area (Å²) in [5.41, 5.74) is -6.72. The van der Waals surface area contributed by atoms with E-state index in [2.05, 4.69) is 4.18 Å². The number of anilines is 1. The molecule has 1 amide bonds. The van der Waals surface area contributed by atoms with Crippen molar-refractivity contribution in [1.82, 2.24) is 4.90 Å². The molecule has 0 bridgehead atoms. The molecule has 176 valence electrons. The number of halogens is 3. The number of benzene rings is 1. The van der Waals surface area contributed by atoms with Crippen LogP contribution in [0, 0.1) is 0 Å². The molecule has 0 aliphatic carbocycles. The minimum Gasteiger partial charge on any atom is -0.444 e. The van der Waals surface area contributed by atoms with Crippen LogP contribution < -0.4 is 14.7 Å². The first kappa shape index (κ1) is 23.7. The summed E-state index contributed by atoms with van der Waals surface area (Å²) in [5.74, 6) is -0.648. The maximum atomic E-state index is 12.6. The Morgan fingerprint density at radius 3 is 2.25 bits per heavy atom. The number of alkyl halides is 3. The van der Waals surface area contributed by atoms with Crippen molar-refractivity contribution < 1.29 is 39.7 Å². The van der Waals surface area contributed by atoms with Crippen LogP contribution in [0.1, 0.15) is 20.8 Å². The Morgan fingerprint density at radius 1 is 1.06 bits per heavy atom. The highest BCUT2D eigenvalue weighted by molar-refractivity contribution is 7.88. The van der Waals surface area contributed by atoms with Crippen LogP contribution in [-0.4, -0.2) is 56.7 Å². The number of ether oxygens (including phenoxy) is 1. The fourth-order valence-corrected chi connectivity index (χ4v) is 3.52. The molecule has 2 heterocycles. The molecule has 1 fully saturated rings. The molecular weight excluding hydrogens is 457 g/mol. The summed E-state index contributed by atoms with van der Waals surface area (Å²) < 4.78 is 74.6. The number of piperazine rings is 1. The van der Waals surface area contributed by atoms with Crippen LogP contribution in [0.2, 0.25) is 0 Å². The van der Waals surface area contributed by atoms with Crippen LogP contribution >= 0.6 is 0 Å². The van der Waals surface area contributed by atoms with Crippen molar-refractivity contribution in [1.29, 1.82) is 0 Å². The molecule has 32 heavy (non-hydrogen) atoms. The van der Waals surface area contributed by atoms with Crippen LogP contribution in [0.3, 0.4) is 0 Å². The molecule has 0 saturated carbocycles. The summed E-state index contributed by atoms with van der Waals surface area (Å²) in [7, 11) is -5.87. The lowest BCUT2D eigenvalue weighted by Crippen LogP contribution is -2.50. The van der Waals surface area contributed by atoms with E-state index in [1.54, 1.807) is 20.8 Å². The van der Waals surface area contributed by atoms with Gasteiger partial charge in [-0.2, -0.15) is 21.6 Å². The van der Waals surface area contributed by atoms with Crippen LogP contribution in [0.15, 0.2) is 33.5 Å². The Morgan fingerprint density at radius 2 is 1.69 bits per heavy atom. The molecule has 0 N–H and O–H groups in total. The normalized spacial score (nSPS) is 15.7. The van der Waals surface area contributed by atoms with Gasteiger partial charge >= 0.3 is 27.3 Å². The van der Waals surface area contributed by atoms with Crippen molar-refractivity contribution in [2.75, 3.05) is 31.1 Å². The number of hydrogen-bond acceptors (Lipinski definition) is 8. The summed E-state index contributed by atoms with van der Waals surface area (Å²) in [4.78, 5) is 27.6. The van der Waals surface area contributed by atoms with Crippen LogP contribution in [0.25, 0.3) is 11.0 Å². The minimum atomic E-state index is -5.87. The number of hydrogen-bond donors (Lipinski definition) is 0. The third kappa shape index (κ3) is 5.26. The van der Waals surface area contributed by atoms with Gasteiger partial charge < -0.3 is 23.1 Å². The smallest absolute Gasteiger partial charge is 0.444 e. The van der Waals surface area contributed by atoms with Gasteiger partial charge in [0.1, 0.15) is 16.9 Å². The molecule has 1 aliphatic heterocycles. The Hall–Kier alpha value is -2.96. The van der Waals surface area contributed by atoms with E-state index in [4.69, 9.17) is 9.15 Å². The Labute approximate surface area is 181 Å². The fraction of sp³-hybridized carbons (Fsp3) is 0.474. The van der Waals surface area contributed by atoms with Crippen molar-refractivity contribution in [3.8, 4) is 5.75 Å². The topological polar surface area (TPSA) is 106 Å². The van der Waals surface area contributed by atoms with Gasteiger partial charge in [0.05, 0.1) is 5.69 Å². The first-order chi connectivity index (χ1) is 14.7. The van der Waals surface area contributed by atoms with Gasteiger partial charge in [-0.15, -0.1) is 0 Å². The molecule has 3 rings (SSSR count). The average molecular weight is 478 g/mol. The summed E-state index contributed by atoms with van der Waals surface area (Å²) in [6.07, 6.45) is -0.456. The lowest BCUT2D eigenvalue weighted by atomic mass is 10.1. The molecule has 9 nitrogen and oxygen atoms in total. The SMILES string of the molecule is CC(C)(C)OC(=O)N1CCN(c2cc(=O)oc3cc(OS(=O)(=O)C(F)(F)F)ccc23)CC1. The van der Waals surface area contributed by atoms with Gasteiger partial charge in [-0.3, -0.25) is 0 Å². The Balaban J connectivity index is 1.83. The van der Waals surface area contributed by atoms with E-state index in [-0.39, 0.29) is 5.58 Å². The average Bonchev–Trinajstić information content (AvgIpc) is 2.64. The molecule has 1 aromatic carbocycles. The lowest BCUT2D eigenvalue weighted by Gasteiger charge is -2.37. The second-order valence-electron chi connectivity index (χ2n) is 8.05. The van der Waals surface area contributed by atoms with Crippen LogP contribution in [-0.2, 0) is 14.9 Å². The van der Waals surface area contributed by atoms with Crippen LogP contribution in [0.5, 0.6) is 5.75 Å². The highest BCUT2D eigenvalue weighted by Gasteiger charge is 2.48. The van der Waals surface area contributed by atoms with Gasteiger partial charge in [0.2, 0.25) is 0 Å². The van der Waals surface area contributed by atoms with Gasteiger partial charge in [0.15, 0.2) is 0 Å². The summed E-state index contributed by atoms with van der Waals surface area (Å²) in [6, 6.07) is 4.46. The quantitative estimate of drug-likeness (QED) is 0.377. The number of carbonyl (C=O) groups excluding carboxylic acids is 1. The standard InChI is InChI=1S/C19H21F3N2O7S/c1-18(2,3)30-17(26)24-8-6-23(7-9-24)14-11-16(25)29-15-10-12(4-5-13(14)15)31-32(27,28)19(20,21)22/h4-5,10-11H,6-9H2,1-3H3. The number of rotatable bonds is 3. The molecule has 1 aromatic heterocycles. The first-order valence-corrected chi connectivity index (χ1v) is 10.9. The van der Waals surface area contributed by atoms with Crippen molar-refractivity contribution in [2.45, 2.75) is 31.9 Å². The fourth-order valence-electron chi connectivity index (χ4n) is 3.07. The molecule has 1 aliphatic rings. The third-order valence-electron chi connectivity index (χ3n) is 4.46. The number of amides is 1. The Kier molecular flexibility index (Phi) is 6.06. The van der Waals surface area contributed by atoms with E-state index in [1.165, 1.54) is 17.0 Å². The zero-order valence-corrected chi connectivity index (χ0v) is 18.2.